The molecule has 146 valence electrons. The number of alkyl halides is 3. The first-order chi connectivity index (χ1) is 12.6. The molecule has 9 heteroatoms. The molecule has 2 heterocycles. The number of nitrogens with one attached hydrogen (secondary N) is 1. The molecule has 0 spiro atoms. The number of amides is 1. The van der Waals surface area contributed by atoms with Crippen LogP contribution in [0, 0.1) is 5.41 Å². The predicted octanol–water partition coefficient (Wildman–Crippen LogP) is 2.81. The third kappa shape index (κ3) is 3.64. The first-order valence-electron chi connectivity index (χ1n) is 8.40. The zero-order chi connectivity index (χ0) is 19.8. The van der Waals surface area contributed by atoms with Gasteiger partial charge in [0.15, 0.2) is 0 Å². The molecule has 0 atom stereocenters. The minimum absolute atomic E-state index is 0.0696. The summed E-state index contributed by atoms with van der Waals surface area (Å²) in [6.45, 7) is 0.534. The highest BCUT2D eigenvalue weighted by Crippen LogP contribution is 2.33. The molecule has 1 aromatic heterocycles. The number of rotatable bonds is 4. The van der Waals surface area contributed by atoms with E-state index in [1.165, 1.54) is 16.7 Å². The Balaban J connectivity index is 1.83. The van der Waals surface area contributed by atoms with E-state index in [-0.39, 0.29) is 30.5 Å². The van der Waals surface area contributed by atoms with E-state index in [0.717, 1.165) is 12.1 Å². The Morgan fingerprint density at radius 2 is 1.93 bits per heavy atom. The van der Waals surface area contributed by atoms with Crippen LogP contribution in [0.3, 0.4) is 0 Å². The van der Waals surface area contributed by atoms with Crippen LogP contribution in [0.15, 0.2) is 24.3 Å². The summed E-state index contributed by atoms with van der Waals surface area (Å²) in [5.41, 5.74) is -1.24. The molecule has 0 saturated carbocycles. The number of aliphatic carboxylic acids is 1. The number of aromatic nitrogens is 1. The van der Waals surface area contributed by atoms with Crippen LogP contribution in [0.2, 0.25) is 0 Å². The van der Waals surface area contributed by atoms with Crippen LogP contribution in [0.25, 0.3) is 10.9 Å². The van der Waals surface area contributed by atoms with Crippen molar-refractivity contribution < 1.29 is 32.6 Å². The minimum atomic E-state index is -4.47. The Hall–Kier alpha value is -2.55. The number of hydrogen-bond donors (Lipinski definition) is 2. The summed E-state index contributed by atoms with van der Waals surface area (Å²) < 4.78 is 45.3. The number of nitrogens with zero attached hydrogens (tertiary/aromatic N) is 1. The monoisotopic (exact) mass is 384 g/mol. The maximum Gasteiger partial charge on any atom is 0.416 e. The fourth-order valence-electron chi connectivity index (χ4n) is 3.31. The molecule has 1 fully saturated rings. The fourth-order valence-corrected chi connectivity index (χ4v) is 3.31. The number of benzene rings is 1. The number of halogens is 3. The van der Waals surface area contributed by atoms with Gasteiger partial charge in [-0.3, -0.25) is 9.59 Å². The lowest BCUT2D eigenvalue weighted by Crippen LogP contribution is -2.46. The van der Waals surface area contributed by atoms with Crippen LogP contribution in [-0.2, 0) is 22.8 Å². The molecule has 0 bridgehead atoms. The first-order valence-corrected chi connectivity index (χ1v) is 8.40. The van der Waals surface area contributed by atoms with Crippen LogP contribution in [0.4, 0.5) is 13.2 Å². The largest absolute Gasteiger partial charge is 0.481 e. The van der Waals surface area contributed by atoms with Gasteiger partial charge in [-0.25, -0.2) is 0 Å². The summed E-state index contributed by atoms with van der Waals surface area (Å²) in [6, 6.07) is 4.64. The SMILES string of the molecule is Cn1c(C(=O)NCC2(C(=O)O)CCOCC2)cc2cc(C(F)(F)F)ccc21. The van der Waals surface area contributed by atoms with Gasteiger partial charge in [0, 0.05) is 37.7 Å². The standard InChI is InChI=1S/C18H19F3N2O4/c1-23-13-3-2-12(18(19,20)21)8-11(13)9-14(23)15(24)22-10-17(16(25)26)4-6-27-7-5-17/h2-3,8-9H,4-7,10H2,1H3,(H,22,24)(H,25,26). The van der Waals surface area contributed by atoms with Crippen molar-refractivity contribution >= 4 is 22.8 Å². The van der Waals surface area contributed by atoms with Crippen molar-refractivity contribution in [1.29, 1.82) is 0 Å². The summed E-state index contributed by atoms with van der Waals surface area (Å²) in [6.07, 6.45) is -3.90. The van der Waals surface area contributed by atoms with E-state index in [4.69, 9.17) is 4.74 Å². The van der Waals surface area contributed by atoms with E-state index in [1.807, 2.05) is 0 Å². The van der Waals surface area contributed by atoms with Gasteiger partial charge < -0.3 is 19.7 Å². The van der Waals surface area contributed by atoms with Crippen molar-refractivity contribution in [3.05, 3.63) is 35.5 Å². The van der Waals surface area contributed by atoms with Gasteiger partial charge in [0.05, 0.1) is 11.0 Å². The Morgan fingerprint density at radius 3 is 2.52 bits per heavy atom. The molecule has 2 aromatic rings. The Morgan fingerprint density at radius 1 is 1.26 bits per heavy atom. The van der Waals surface area contributed by atoms with Gasteiger partial charge in [-0.1, -0.05) is 0 Å². The van der Waals surface area contributed by atoms with Gasteiger partial charge >= 0.3 is 12.1 Å². The zero-order valence-corrected chi connectivity index (χ0v) is 14.6. The number of carbonyl (C=O) groups is 2. The van der Waals surface area contributed by atoms with Gasteiger partial charge in [-0.2, -0.15) is 13.2 Å². The van der Waals surface area contributed by atoms with Gasteiger partial charge in [0.2, 0.25) is 0 Å². The molecule has 2 N–H and O–H groups in total. The van der Waals surface area contributed by atoms with Gasteiger partial charge in [-0.15, -0.1) is 0 Å². The molecule has 1 aliphatic rings. The highest BCUT2D eigenvalue weighted by atomic mass is 19.4. The quantitative estimate of drug-likeness (QED) is 0.850. The summed E-state index contributed by atoms with van der Waals surface area (Å²) in [5, 5.41) is 12.4. The van der Waals surface area contributed by atoms with Crippen LogP contribution < -0.4 is 5.32 Å². The number of hydrogen-bond acceptors (Lipinski definition) is 3. The Bertz CT molecular complexity index is 883. The Labute approximate surface area is 152 Å². The zero-order valence-electron chi connectivity index (χ0n) is 14.6. The number of carboxylic acid groups (broad SMARTS) is 1. The van der Waals surface area contributed by atoms with Gasteiger partial charge in [0.25, 0.3) is 5.91 Å². The van der Waals surface area contributed by atoms with Crippen molar-refractivity contribution in [3.63, 3.8) is 0 Å². The molecule has 1 saturated heterocycles. The maximum atomic E-state index is 12.9. The van der Waals surface area contributed by atoms with E-state index in [9.17, 15) is 27.9 Å². The fraction of sp³-hybridized carbons (Fsp3) is 0.444. The molecule has 0 aliphatic carbocycles. The lowest BCUT2D eigenvalue weighted by molar-refractivity contribution is -0.154. The smallest absolute Gasteiger partial charge is 0.416 e. The Kier molecular flexibility index (Phi) is 4.90. The minimum Gasteiger partial charge on any atom is -0.481 e. The highest BCUT2D eigenvalue weighted by Gasteiger charge is 2.40. The average molecular weight is 384 g/mol. The van der Waals surface area contributed by atoms with Gasteiger partial charge in [0.1, 0.15) is 5.69 Å². The van der Waals surface area contributed by atoms with Crippen molar-refractivity contribution in [2.75, 3.05) is 19.8 Å². The van der Waals surface area contributed by atoms with Crippen molar-refractivity contribution in [2.24, 2.45) is 12.5 Å². The average Bonchev–Trinajstić information content (AvgIpc) is 2.96. The molecule has 3 rings (SSSR count). The number of aryl methyl sites for hydroxylation is 1. The second-order valence-electron chi connectivity index (χ2n) is 6.74. The number of carbonyl (C=O) groups excluding carboxylic acids is 1. The van der Waals surface area contributed by atoms with E-state index in [0.29, 0.717) is 18.7 Å². The topological polar surface area (TPSA) is 80.6 Å². The molecule has 1 aliphatic heterocycles. The van der Waals surface area contributed by atoms with Crippen molar-refractivity contribution in [2.45, 2.75) is 19.0 Å². The predicted molar refractivity (Wildman–Crippen MR) is 90.4 cm³/mol. The lowest BCUT2D eigenvalue weighted by atomic mass is 9.80. The molecule has 6 nitrogen and oxygen atoms in total. The van der Waals surface area contributed by atoms with Crippen molar-refractivity contribution in [1.82, 2.24) is 9.88 Å². The molecule has 1 amide bonds. The summed E-state index contributed by atoms with van der Waals surface area (Å²) in [4.78, 5) is 24.2. The summed E-state index contributed by atoms with van der Waals surface area (Å²) >= 11 is 0. The first kappa shape index (κ1) is 19.2. The molecule has 0 radical (unpaired) electrons. The third-order valence-electron chi connectivity index (χ3n) is 5.09. The van der Waals surface area contributed by atoms with E-state index in [2.05, 4.69) is 5.32 Å². The molecule has 0 unspecified atom stereocenters. The summed E-state index contributed by atoms with van der Waals surface area (Å²) in [7, 11) is 1.58. The summed E-state index contributed by atoms with van der Waals surface area (Å²) in [5.74, 6) is -1.53. The van der Waals surface area contributed by atoms with E-state index < -0.39 is 29.0 Å². The van der Waals surface area contributed by atoms with E-state index >= 15 is 0 Å². The van der Waals surface area contributed by atoms with Crippen LogP contribution in [0.1, 0.15) is 28.9 Å². The maximum absolute atomic E-state index is 12.9. The normalized spacial score (nSPS) is 17.0. The van der Waals surface area contributed by atoms with Gasteiger partial charge in [-0.05, 0) is 37.1 Å². The molecular formula is C18H19F3N2O4. The molecular weight excluding hydrogens is 365 g/mol. The highest BCUT2D eigenvalue weighted by molar-refractivity contribution is 5.99. The molecule has 27 heavy (non-hydrogen) atoms. The second-order valence-corrected chi connectivity index (χ2v) is 6.74. The molecule has 1 aromatic carbocycles. The van der Waals surface area contributed by atoms with Crippen molar-refractivity contribution in [3.8, 4) is 0 Å². The number of ether oxygens (including phenoxy) is 1. The van der Waals surface area contributed by atoms with E-state index in [1.54, 1.807) is 7.05 Å². The lowest BCUT2D eigenvalue weighted by Gasteiger charge is -2.33. The van der Waals surface area contributed by atoms with Crippen LogP contribution in [-0.4, -0.2) is 41.3 Å². The third-order valence-corrected chi connectivity index (χ3v) is 5.09. The van der Waals surface area contributed by atoms with Crippen LogP contribution in [0.5, 0.6) is 0 Å². The second kappa shape index (κ2) is 6.88. The number of fused-ring (bicyclic) bond motifs is 1. The number of carboxylic acids is 1. The van der Waals surface area contributed by atoms with Crippen LogP contribution >= 0.6 is 0 Å².